The average Bonchev–Trinajstić information content (AvgIpc) is 2.91. The topological polar surface area (TPSA) is 29.9 Å². The van der Waals surface area contributed by atoms with E-state index in [1.165, 1.54) is 44.2 Å². The molecule has 1 saturated carbocycles. The molecule has 0 radical (unpaired) electrons. The summed E-state index contributed by atoms with van der Waals surface area (Å²) >= 11 is 2.14. The highest BCUT2D eigenvalue weighted by Crippen LogP contribution is 2.31. The van der Waals surface area contributed by atoms with Crippen LogP contribution >= 0.6 is 22.6 Å². The zero-order valence-corrected chi connectivity index (χ0v) is 13.3. The quantitative estimate of drug-likeness (QED) is 0.764. The Hall–Kier alpha value is -1.11. The van der Waals surface area contributed by atoms with Crippen LogP contribution in [-0.4, -0.2) is 9.55 Å². The number of anilines is 2. The van der Waals surface area contributed by atoms with Gasteiger partial charge in [-0.3, -0.25) is 0 Å². The van der Waals surface area contributed by atoms with Crippen molar-refractivity contribution in [2.75, 3.05) is 5.32 Å². The molecule has 1 aromatic heterocycles. The summed E-state index contributed by atoms with van der Waals surface area (Å²) in [5, 5.41) is 3.32. The molecule has 2 aromatic rings. The Morgan fingerprint density at radius 3 is 2.80 bits per heavy atom. The predicted molar refractivity (Wildman–Crippen MR) is 86.7 cm³/mol. The van der Waals surface area contributed by atoms with Gasteiger partial charge >= 0.3 is 0 Å². The van der Waals surface area contributed by atoms with E-state index < -0.39 is 0 Å². The van der Waals surface area contributed by atoms with Crippen LogP contribution in [0.25, 0.3) is 0 Å². The number of aromatic nitrogens is 2. The third-order valence-electron chi connectivity index (χ3n) is 3.81. The van der Waals surface area contributed by atoms with Crippen molar-refractivity contribution in [2.24, 2.45) is 0 Å². The van der Waals surface area contributed by atoms with E-state index in [2.05, 4.69) is 37.5 Å². The summed E-state index contributed by atoms with van der Waals surface area (Å²) in [4.78, 5) is 4.40. The molecule has 106 valence electrons. The van der Waals surface area contributed by atoms with E-state index in [9.17, 15) is 4.39 Å². The van der Waals surface area contributed by atoms with Crippen molar-refractivity contribution in [2.45, 2.75) is 38.1 Å². The SMILES string of the molecule is Fc1ccc(Nc2nccn2C2CCCCC2)c(I)c1. The van der Waals surface area contributed by atoms with E-state index >= 15 is 0 Å². The zero-order chi connectivity index (χ0) is 13.9. The number of nitrogens with zero attached hydrogens (tertiary/aromatic N) is 2. The summed E-state index contributed by atoms with van der Waals surface area (Å²) < 4.78 is 16.2. The summed E-state index contributed by atoms with van der Waals surface area (Å²) in [6.07, 6.45) is 10.2. The van der Waals surface area contributed by atoms with Gasteiger partial charge in [0.1, 0.15) is 5.82 Å². The normalized spacial score (nSPS) is 16.3. The van der Waals surface area contributed by atoms with E-state index in [1.807, 2.05) is 12.4 Å². The molecule has 0 saturated heterocycles. The first-order chi connectivity index (χ1) is 9.74. The third kappa shape index (κ3) is 2.97. The molecule has 3 rings (SSSR count). The lowest BCUT2D eigenvalue weighted by atomic mass is 9.95. The number of imidazole rings is 1. The molecular formula is C15H17FIN3. The van der Waals surface area contributed by atoms with Gasteiger partial charge in [-0.15, -0.1) is 0 Å². The Balaban J connectivity index is 1.82. The number of benzene rings is 1. The van der Waals surface area contributed by atoms with Gasteiger partial charge in [0.2, 0.25) is 5.95 Å². The molecule has 1 fully saturated rings. The van der Waals surface area contributed by atoms with Crippen molar-refractivity contribution in [3.63, 3.8) is 0 Å². The Labute approximate surface area is 131 Å². The van der Waals surface area contributed by atoms with Crippen LogP contribution in [-0.2, 0) is 0 Å². The number of rotatable bonds is 3. The van der Waals surface area contributed by atoms with Gasteiger partial charge in [-0.25, -0.2) is 9.37 Å². The molecule has 1 aliphatic carbocycles. The van der Waals surface area contributed by atoms with Gasteiger partial charge in [-0.2, -0.15) is 0 Å². The van der Waals surface area contributed by atoms with Crippen molar-refractivity contribution in [1.29, 1.82) is 0 Å². The maximum Gasteiger partial charge on any atom is 0.207 e. The van der Waals surface area contributed by atoms with Crippen LogP contribution in [0.4, 0.5) is 16.0 Å². The highest BCUT2D eigenvalue weighted by molar-refractivity contribution is 14.1. The molecule has 0 unspecified atom stereocenters. The molecule has 0 bridgehead atoms. The third-order valence-corrected chi connectivity index (χ3v) is 4.71. The molecule has 0 spiro atoms. The van der Waals surface area contributed by atoms with Crippen LogP contribution < -0.4 is 5.32 Å². The fourth-order valence-electron chi connectivity index (χ4n) is 2.78. The lowest BCUT2D eigenvalue weighted by Gasteiger charge is -2.24. The predicted octanol–water partition coefficient (Wildman–Crippen LogP) is 4.88. The molecule has 3 nitrogen and oxygen atoms in total. The molecule has 1 heterocycles. The zero-order valence-electron chi connectivity index (χ0n) is 11.1. The Morgan fingerprint density at radius 2 is 2.05 bits per heavy atom. The largest absolute Gasteiger partial charge is 0.325 e. The Kier molecular flexibility index (Phi) is 4.24. The standard InChI is InChI=1S/C15H17FIN3/c16-11-6-7-14(13(17)10-11)19-15-18-8-9-20(15)12-4-2-1-3-5-12/h6-10,12H,1-5H2,(H,18,19). The van der Waals surface area contributed by atoms with E-state index in [0.717, 1.165) is 15.2 Å². The fraction of sp³-hybridized carbons (Fsp3) is 0.400. The van der Waals surface area contributed by atoms with E-state index in [4.69, 9.17) is 0 Å². The molecule has 0 amide bonds. The fourth-order valence-corrected chi connectivity index (χ4v) is 3.39. The molecule has 1 aliphatic rings. The van der Waals surface area contributed by atoms with Crippen LogP contribution in [0.2, 0.25) is 0 Å². The highest BCUT2D eigenvalue weighted by atomic mass is 127. The van der Waals surface area contributed by atoms with Gasteiger partial charge in [0.15, 0.2) is 0 Å². The molecule has 0 atom stereocenters. The van der Waals surface area contributed by atoms with Crippen LogP contribution in [0, 0.1) is 9.39 Å². The molecule has 20 heavy (non-hydrogen) atoms. The Bertz CT molecular complexity index is 591. The lowest BCUT2D eigenvalue weighted by Crippen LogP contribution is -2.14. The van der Waals surface area contributed by atoms with Crippen molar-refractivity contribution < 1.29 is 4.39 Å². The molecular weight excluding hydrogens is 368 g/mol. The molecule has 0 aliphatic heterocycles. The van der Waals surface area contributed by atoms with Crippen molar-refractivity contribution in [3.05, 3.63) is 40.0 Å². The first-order valence-corrected chi connectivity index (χ1v) is 8.07. The van der Waals surface area contributed by atoms with E-state index in [-0.39, 0.29) is 5.82 Å². The van der Waals surface area contributed by atoms with Gasteiger partial charge in [-0.1, -0.05) is 19.3 Å². The number of nitrogens with one attached hydrogen (secondary N) is 1. The minimum Gasteiger partial charge on any atom is -0.325 e. The minimum absolute atomic E-state index is 0.212. The summed E-state index contributed by atoms with van der Waals surface area (Å²) in [6.45, 7) is 0. The van der Waals surface area contributed by atoms with Gasteiger partial charge < -0.3 is 9.88 Å². The monoisotopic (exact) mass is 385 g/mol. The number of hydrogen-bond acceptors (Lipinski definition) is 2. The molecule has 1 aromatic carbocycles. The summed E-state index contributed by atoms with van der Waals surface area (Å²) in [5.74, 6) is 0.636. The summed E-state index contributed by atoms with van der Waals surface area (Å²) in [5.41, 5.74) is 0.898. The van der Waals surface area contributed by atoms with Crippen LogP contribution in [0.5, 0.6) is 0 Å². The van der Waals surface area contributed by atoms with Gasteiger partial charge in [-0.05, 0) is 53.6 Å². The second-order valence-electron chi connectivity index (χ2n) is 5.20. The van der Waals surface area contributed by atoms with E-state index in [1.54, 1.807) is 6.07 Å². The second kappa shape index (κ2) is 6.11. The van der Waals surface area contributed by atoms with E-state index in [0.29, 0.717) is 6.04 Å². The van der Waals surface area contributed by atoms with Gasteiger partial charge in [0.05, 0.1) is 5.69 Å². The smallest absolute Gasteiger partial charge is 0.207 e. The minimum atomic E-state index is -0.212. The second-order valence-corrected chi connectivity index (χ2v) is 6.36. The average molecular weight is 385 g/mol. The summed E-state index contributed by atoms with van der Waals surface area (Å²) in [6, 6.07) is 5.29. The van der Waals surface area contributed by atoms with Crippen LogP contribution in [0.3, 0.4) is 0 Å². The van der Waals surface area contributed by atoms with Gasteiger partial charge in [0, 0.05) is 22.0 Å². The van der Waals surface area contributed by atoms with Crippen molar-refractivity contribution in [1.82, 2.24) is 9.55 Å². The highest BCUT2D eigenvalue weighted by Gasteiger charge is 2.18. The molecule has 5 heteroatoms. The number of halogens is 2. The van der Waals surface area contributed by atoms with Crippen LogP contribution in [0.1, 0.15) is 38.1 Å². The summed E-state index contributed by atoms with van der Waals surface area (Å²) in [7, 11) is 0. The lowest BCUT2D eigenvalue weighted by molar-refractivity contribution is 0.356. The molecule has 1 N–H and O–H groups in total. The first kappa shape index (κ1) is 13.9. The maximum atomic E-state index is 13.1. The maximum absolute atomic E-state index is 13.1. The van der Waals surface area contributed by atoms with Crippen LogP contribution in [0.15, 0.2) is 30.6 Å². The number of hydrogen-bond donors (Lipinski definition) is 1. The Morgan fingerprint density at radius 1 is 1.25 bits per heavy atom. The first-order valence-electron chi connectivity index (χ1n) is 6.99. The van der Waals surface area contributed by atoms with Crippen molar-refractivity contribution >= 4 is 34.2 Å². The van der Waals surface area contributed by atoms with Gasteiger partial charge in [0.25, 0.3) is 0 Å². The van der Waals surface area contributed by atoms with Crippen molar-refractivity contribution in [3.8, 4) is 0 Å².